The summed E-state index contributed by atoms with van der Waals surface area (Å²) in [7, 11) is 0. The Morgan fingerprint density at radius 1 is 0.781 bits per heavy atom. The molecule has 0 N–H and O–H groups in total. The van der Waals surface area contributed by atoms with Gasteiger partial charge in [0.2, 0.25) is 11.8 Å². The number of halogens is 5. The van der Waals surface area contributed by atoms with Crippen LogP contribution >= 0.6 is 0 Å². The lowest BCUT2D eigenvalue weighted by molar-refractivity contribution is -0.143. The number of barbiturate groups is 1. The lowest BCUT2D eigenvalue weighted by Gasteiger charge is -2.34. The molecule has 0 saturated carbocycles. The Bertz CT molecular complexity index is 1010. The van der Waals surface area contributed by atoms with Gasteiger partial charge in [0.25, 0.3) is 0 Å². The molecule has 32 heavy (non-hydrogen) atoms. The maximum Gasteiger partial charge on any atom is 0.416 e. The summed E-state index contributed by atoms with van der Waals surface area (Å²) in [5, 5.41) is 0. The van der Waals surface area contributed by atoms with Crippen molar-refractivity contribution < 1.29 is 36.3 Å². The highest BCUT2D eigenvalue weighted by atomic mass is 19.4. The standard InChI is InChI=1S/C22H19F5N2O3/c1-13-2-4-14(5-3-13)17(23)11-28-19(30)10-20(31)29(21(28)32)12-18(24)15-6-8-16(9-7-15)22(25,26)27/h2-9,17-18H,10-12H2,1H3/t17-,18-/m0/s1. The van der Waals surface area contributed by atoms with Crippen LogP contribution in [0.15, 0.2) is 48.5 Å². The molecular weight excluding hydrogens is 435 g/mol. The molecule has 1 aliphatic rings. The number of alkyl halides is 5. The quantitative estimate of drug-likeness (QED) is 0.460. The van der Waals surface area contributed by atoms with Crippen LogP contribution in [0.2, 0.25) is 0 Å². The van der Waals surface area contributed by atoms with Crippen LogP contribution in [0.5, 0.6) is 0 Å². The Kier molecular flexibility index (Phi) is 6.61. The fraction of sp³-hybridized carbons (Fsp3) is 0.318. The molecule has 3 rings (SSSR count). The summed E-state index contributed by atoms with van der Waals surface area (Å²) >= 11 is 0. The molecule has 10 heteroatoms. The van der Waals surface area contributed by atoms with E-state index in [2.05, 4.69) is 0 Å². The van der Waals surface area contributed by atoms with Gasteiger partial charge in [0, 0.05) is 0 Å². The monoisotopic (exact) mass is 454 g/mol. The van der Waals surface area contributed by atoms with Gasteiger partial charge in [0.1, 0.15) is 18.8 Å². The summed E-state index contributed by atoms with van der Waals surface area (Å²) in [6, 6.07) is 8.35. The predicted molar refractivity (Wildman–Crippen MR) is 104 cm³/mol. The van der Waals surface area contributed by atoms with E-state index >= 15 is 0 Å². The number of urea groups is 1. The fourth-order valence-corrected chi connectivity index (χ4v) is 3.23. The summed E-state index contributed by atoms with van der Waals surface area (Å²) in [4.78, 5) is 38.0. The van der Waals surface area contributed by atoms with Gasteiger partial charge in [0.15, 0.2) is 0 Å². The third kappa shape index (κ3) is 5.12. The van der Waals surface area contributed by atoms with Crippen LogP contribution in [-0.2, 0) is 15.8 Å². The molecule has 0 aliphatic carbocycles. The fourth-order valence-electron chi connectivity index (χ4n) is 3.23. The first-order valence-corrected chi connectivity index (χ1v) is 9.64. The van der Waals surface area contributed by atoms with Crippen LogP contribution in [0.4, 0.5) is 26.7 Å². The van der Waals surface area contributed by atoms with E-state index in [0.29, 0.717) is 21.9 Å². The Morgan fingerprint density at radius 3 is 1.59 bits per heavy atom. The summed E-state index contributed by atoms with van der Waals surface area (Å²) in [5.74, 6) is -1.87. The minimum atomic E-state index is -4.59. The van der Waals surface area contributed by atoms with E-state index in [0.717, 1.165) is 17.7 Å². The highest BCUT2D eigenvalue weighted by molar-refractivity contribution is 6.14. The number of carbonyl (C=O) groups excluding carboxylic acids is 3. The minimum absolute atomic E-state index is 0.176. The number of rotatable bonds is 6. The van der Waals surface area contributed by atoms with Crippen molar-refractivity contribution in [1.82, 2.24) is 9.80 Å². The number of imide groups is 2. The number of hydrogen-bond acceptors (Lipinski definition) is 3. The molecule has 0 radical (unpaired) electrons. The molecule has 2 aromatic rings. The van der Waals surface area contributed by atoms with Gasteiger partial charge < -0.3 is 0 Å². The normalized spacial score (nSPS) is 17.0. The SMILES string of the molecule is Cc1ccc([C@@H](F)CN2C(=O)CC(=O)N(C[C@H](F)c3ccc(C(F)(F)F)cc3)C2=O)cc1. The molecular formula is C22H19F5N2O3. The van der Waals surface area contributed by atoms with Gasteiger partial charge in [-0.05, 0) is 30.2 Å². The molecule has 0 unspecified atom stereocenters. The highest BCUT2D eigenvalue weighted by Gasteiger charge is 2.40. The van der Waals surface area contributed by atoms with Crippen molar-refractivity contribution in [3.63, 3.8) is 0 Å². The largest absolute Gasteiger partial charge is 0.416 e. The van der Waals surface area contributed by atoms with Gasteiger partial charge in [0.05, 0.1) is 18.7 Å². The first-order valence-electron chi connectivity index (χ1n) is 9.64. The molecule has 2 atom stereocenters. The van der Waals surface area contributed by atoms with Gasteiger partial charge in [-0.3, -0.25) is 19.4 Å². The summed E-state index contributed by atoms with van der Waals surface area (Å²) < 4.78 is 67.3. The van der Waals surface area contributed by atoms with E-state index < -0.39 is 61.4 Å². The molecule has 2 aromatic carbocycles. The molecule has 0 aromatic heterocycles. The second kappa shape index (κ2) is 9.05. The van der Waals surface area contributed by atoms with Crippen LogP contribution in [0, 0.1) is 6.92 Å². The molecule has 1 fully saturated rings. The predicted octanol–water partition coefficient (Wildman–Crippen LogP) is 4.92. The zero-order chi connectivity index (χ0) is 23.6. The first-order chi connectivity index (χ1) is 15.0. The van der Waals surface area contributed by atoms with Crippen LogP contribution in [0.3, 0.4) is 0 Å². The zero-order valence-corrected chi connectivity index (χ0v) is 16.9. The van der Waals surface area contributed by atoms with Gasteiger partial charge in [-0.2, -0.15) is 13.2 Å². The van der Waals surface area contributed by atoms with E-state index in [4.69, 9.17) is 0 Å². The van der Waals surface area contributed by atoms with Crippen molar-refractivity contribution in [1.29, 1.82) is 0 Å². The van der Waals surface area contributed by atoms with E-state index in [1.807, 2.05) is 6.92 Å². The number of nitrogens with zero attached hydrogens (tertiary/aromatic N) is 2. The Balaban J connectivity index is 1.72. The molecule has 1 aliphatic heterocycles. The third-order valence-corrected chi connectivity index (χ3v) is 5.09. The summed E-state index contributed by atoms with van der Waals surface area (Å²) in [6.45, 7) is 0.346. The van der Waals surface area contributed by atoms with Crippen molar-refractivity contribution >= 4 is 17.8 Å². The lowest BCUT2D eigenvalue weighted by Crippen LogP contribution is -2.56. The molecule has 0 bridgehead atoms. The van der Waals surface area contributed by atoms with Crippen molar-refractivity contribution in [2.75, 3.05) is 13.1 Å². The van der Waals surface area contributed by atoms with Crippen molar-refractivity contribution in [2.24, 2.45) is 0 Å². The Hall–Kier alpha value is -3.30. The maximum absolute atomic E-state index is 14.7. The molecule has 1 saturated heterocycles. The lowest BCUT2D eigenvalue weighted by atomic mass is 10.1. The first kappa shape index (κ1) is 23.4. The average molecular weight is 454 g/mol. The van der Waals surface area contributed by atoms with Crippen molar-refractivity contribution in [3.05, 3.63) is 70.8 Å². The Morgan fingerprint density at radius 2 is 1.19 bits per heavy atom. The van der Waals surface area contributed by atoms with E-state index in [9.17, 15) is 36.3 Å². The minimum Gasteiger partial charge on any atom is -0.274 e. The van der Waals surface area contributed by atoms with Crippen molar-refractivity contribution in [3.8, 4) is 0 Å². The number of carbonyl (C=O) groups is 3. The van der Waals surface area contributed by atoms with Crippen LogP contribution in [0.25, 0.3) is 0 Å². The molecule has 170 valence electrons. The van der Waals surface area contributed by atoms with Gasteiger partial charge in [-0.1, -0.05) is 42.0 Å². The number of aryl methyl sites for hydroxylation is 1. The van der Waals surface area contributed by atoms with Crippen LogP contribution in [0.1, 0.15) is 41.0 Å². The van der Waals surface area contributed by atoms with Crippen molar-refractivity contribution in [2.45, 2.75) is 31.9 Å². The third-order valence-electron chi connectivity index (χ3n) is 5.09. The molecule has 5 nitrogen and oxygen atoms in total. The maximum atomic E-state index is 14.7. The number of benzene rings is 2. The summed E-state index contributed by atoms with van der Waals surface area (Å²) in [6.07, 6.45) is -9.04. The number of hydrogen-bond donors (Lipinski definition) is 0. The van der Waals surface area contributed by atoms with Gasteiger partial charge in [-0.25, -0.2) is 13.6 Å². The smallest absolute Gasteiger partial charge is 0.274 e. The Labute approximate surface area is 180 Å². The van der Waals surface area contributed by atoms with Gasteiger partial charge in [-0.15, -0.1) is 0 Å². The second-order valence-corrected chi connectivity index (χ2v) is 7.43. The molecule has 1 heterocycles. The zero-order valence-electron chi connectivity index (χ0n) is 16.9. The van der Waals surface area contributed by atoms with Crippen LogP contribution < -0.4 is 0 Å². The van der Waals surface area contributed by atoms with E-state index in [1.165, 1.54) is 12.1 Å². The summed E-state index contributed by atoms with van der Waals surface area (Å²) in [5.41, 5.74) is -0.0293. The highest BCUT2D eigenvalue weighted by Crippen LogP contribution is 2.31. The second-order valence-electron chi connectivity index (χ2n) is 7.43. The van der Waals surface area contributed by atoms with Crippen LogP contribution in [-0.4, -0.2) is 40.7 Å². The van der Waals surface area contributed by atoms with E-state index in [-0.39, 0.29) is 11.1 Å². The number of amides is 4. The average Bonchev–Trinajstić information content (AvgIpc) is 2.73. The molecule has 4 amide bonds. The van der Waals surface area contributed by atoms with E-state index in [1.54, 1.807) is 12.1 Å². The topological polar surface area (TPSA) is 57.7 Å². The molecule has 0 spiro atoms. The van der Waals surface area contributed by atoms with Gasteiger partial charge >= 0.3 is 12.2 Å².